The third-order valence-electron chi connectivity index (χ3n) is 0.576. The van der Waals surface area contributed by atoms with Gasteiger partial charge in [0.05, 0.1) is 13.2 Å². The molecule has 0 unspecified atom stereocenters. The summed E-state index contributed by atoms with van der Waals surface area (Å²) < 4.78 is 4.87. The van der Waals surface area contributed by atoms with E-state index in [-0.39, 0.29) is 0 Å². The average Bonchev–Trinajstić information content (AvgIpc) is 1.68. The highest BCUT2D eigenvalue weighted by atomic mass is 16.5. The largest absolute Gasteiger partial charge is 0.497 e. The Morgan fingerprint density at radius 2 is 2.43 bits per heavy atom. The molecule has 7 heavy (non-hydrogen) atoms. The van der Waals surface area contributed by atoms with Crippen molar-refractivity contribution in [2.24, 2.45) is 5.73 Å². The predicted molar refractivity (Wildman–Crippen MR) is 29.8 cm³/mol. The number of hydrogen-bond donors (Lipinski definition) is 1. The van der Waals surface area contributed by atoms with Gasteiger partial charge in [0.2, 0.25) is 0 Å². The Morgan fingerprint density at radius 1 is 1.86 bits per heavy atom. The van der Waals surface area contributed by atoms with Crippen molar-refractivity contribution in [2.45, 2.75) is 6.92 Å². The molecule has 2 heteroatoms. The van der Waals surface area contributed by atoms with Crippen LogP contribution in [0.3, 0.4) is 0 Å². The van der Waals surface area contributed by atoms with Crippen molar-refractivity contribution in [3.8, 4) is 0 Å². The maximum atomic E-state index is 5.13. The van der Waals surface area contributed by atoms with E-state index in [9.17, 15) is 0 Å². The van der Waals surface area contributed by atoms with Crippen LogP contribution in [-0.2, 0) is 4.74 Å². The van der Waals surface area contributed by atoms with E-state index in [1.165, 1.54) is 0 Å². The zero-order chi connectivity index (χ0) is 5.70. The maximum Gasteiger partial charge on any atom is 0.102 e. The lowest BCUT2D eigenvalue weighted by molar-refractivity contribution is 0.228. The second-order valence-electron chi connectivity index (χ2n) is 1.18. The van der Waals surface area contributed by atoms with Crippen molar-refractivity contribution in [1.29, 1.82) is 0 Å². The summed E-state index contributed by atoms with van der Waals surface area (Å²) in [5, 5.41) is 0. The van der Waals surface area contributed by atoms with Gasteiger partial charge in [-0.2, -0.15) is 0 Å². The Morgan fingerprint density at radius 3 is 2.57 bits per heavy atom. The fourth-order valence-corrected chi connectivity index (χ4v) is 0.263. The predicted octanol–water partition coefficient (Wildman–Crippen LogP) is 0.495. The number of rotatable bonds is 3. The Balaban J connectivity index is 3.00. The summed E-state index contributed by atoms with van der Waals surface area (Å²) in [5.41, 5.74) is 5.13. The van der Waals surface area contributed by atoms with Gasteiger partial charge in [-0.1, -0.05) is 6.58 Å². The van der Waals surface area contributed by atoms with E-state index in [2.05, 4.69) is 6.58 Å². The first-order valence-electron chi connectivity index (χ1n) is 2.32. The molecule has 2 nitrogen and oxygen atoms in total. The van der Waals surface area contributed by atoms with E-state index < -0.39 is 0 Å². The van der Waals surface area contributed by atoms with Crippen LogP contribution in [0.1, 0.15) is 6.92 Å². The number of ether oxygens (including phenoxy) is 1. The lowest BCUT2D eigenvalue weighted by Gasteiger charge is -2.00. The summed E-state index contributed by atoms with van der Waals surface area (Å²) in [4.78, 5) is 0. The average molecular weight is 101 g/mol. The molecule has 42 valence electrons. The van der Waals surface area contributed by atoms with E-state index in [0.717, 1.165) is 0 Å². The van der Waals surface area contributed by atoms with E-state index in [0.29, 0.717) is 18.9 Å². The van der Waals surface area contributed by atoms with Gasteiger partial charge in [-0.25, -0.2) is 0 Å². The van der Waals surface area contributed by atoms with Crippen LogP contribution in [0.15, 0.2) is 12.3 Å². The van der Waals surface area contributed by atoms with Gasteiger partial charge in [0.15, 0.2) is 0 Å². The van der Waals surface area contributed by atoms with Crippen LogP contribution >= 0.6 is 0 Å². The summed E-state index contributed by atoms with van der Waals surface area (Å²) in [7, 11) is 0. The van der Waals surface area contributed by atoms with Crippen molar-refractivity contribution in [1.82, 2.24) is 0 Å². The van der Waals surface area contributed by atoms with Gasteiger partial charge < -0.3 is 10.5 Å². The van der Waals surface area contributed by atoms with Crippen molar-refractivity contribution in [3.05, 3.63) is 12.3 Å². The van der Waals surface area contributed by atoms with Crippen LogP contribution in [0.5, 0.6) is 0 Å². The molecule has 0 rings (SSSR count). The molecule has 0 aromatic rings. The van der Waals surface area contributed by atoms with Crippen LogP contribution < -0.4 is 5.73 Å². The second kappa shape index (κ2) is 3.68. The zero-order valence-corrected chi connectivity index (χ0v) is 4.61. The third-order valence-corrected chi connectivity index (χ3v) is 0.576. The molecule has 2 N–H and O–H groups in total. The highest BCUT2D eigenvalue weighted by Crippen LogP contribution is 1.85. The standard InChI is InChI=1S/C5H11NO/c1-3-7-5(2)4-6/h2-4,6H2,1H3. The van der Waals surface area contributed by atoms with Gasteiger partial charge >= 0.3 is 0 Å². The smallest absolute Gasteiger partial charge is 0.102 e. The van der Waals surface area contributed by atoms with Crippen molar-refractivity contribution in [3.63, 3.8) is 0 Å². The van der Waals surface area contributed by atoms with Gasteiger partial charge in [-0.15, -0.1) is 0 Å². The zero-order valence-electron chi connectivity index (χ0n) is 4.61. The van der Waals surface area contributed by atoms with Gasteiger partial charge in [0.1, 0.15) is 5.76 Å². The molecule has 0 saturated carbocycles. The summed E-state index contributed by atoms with van der Waals surface area (Å²) in [6, 6.07) is 0. The molecule has 0 aliphatic heterocycles. The lowest BCUT2D eigenvalue weighted by Crippen LogP contribution is -2.04. The number of hydrogen-bond acceptors (Lipinski definition) is 2. The summed E-state index contributed by atoms with van der Waals surface area (Å²) in [5.74, 6) is 0.655. The minimum atomic E-state index is 0.424. The summed E-state index contributed by atoms with van der Waals surface area (Å²) in [6.45, 7) is 6.51. The first-order valence-corrected chi connectivity index (χ1v) is 2.32. The van der Waals surface area contributed by atoms with Crippen LogP contribution in [-0.4, -0.2) is 13.2 Å². The molecule has 0 fully saturated rings. The van der Waals surface area contributed by atoms with E-state index >= 15 is 0 Å². The Bertz CT molecular complexity index is 61.1. The summed E-state index contributed by atoms with van der Waals surface area (Å²) >= 11 is 0. The first-order chi connectivity index (χ1) is 3.31. The van der Waals surface area contributed by atoms with E-state index in [1.807, 2.05) is 6.92 Å². The maximum absolute atomic E-state index is 5.13. The lowest BCUT2D eigenvalue weighted by atomic mass is 10.6. The molecule has 0 spiro atoms. The molecule has 0 aromatic carbocycles. The van der Waals surface area contributed by atoms with Crippen molar-refractivity contribution in [2.75, 3.05) is 13.2 Å². The monoisotopic (exact) mass is 101 g/mol. The van der Waals surface area contributed by atoms with Crippen LogP contribution in [0.2, 0.25) is 0 Å². The van der Waals surface area contributed by atoms with Gasteiger partial charge in [0, 0.05) is 0 Å². The fourth-order valence-electron chi connectivity index (χ4n) is 0.263. The number of nitrogens with two attached hydrogens (primary N) is 1. The van der Waals surface area contributed by atoms with Gasteiger partial charge in [-0.05, 0) is 6.92 Å². The quantitative estimate of drug-likeness (QED) is 0.525. The Kier molecular flexibility index (Phi) is 3.42. The Labute approximate surface area is 44.0 Å². The van der Waals surface area contributed by atoms with Crippen molar-refractivity contribution >= 4 is 0 Å². The highest BCUT2D eigenvalue weighted by molar-refractivity contribution is 4.82. The van der Waals surface area contributed by atoms with Gasteiger partial charge in [-0.3, -0.25) is 0 Å². The minimum Gasteiger partial charge on any atom is -0.497 e. The van der Waals surface area contributed by atoms with E-state index in [4.69, 9.17) is 10.5 Å². The fraction of sp³-hybridized carbons (Fsp3) is 0.600. The van der Waals surface area contributed by atoms with Gasteiger partial charge in [0.25, 0.3) is 0 Å². The molecule has 0 aromatic heterocycles. The summed E-state index contributed by atoms with van der Waals surface area (Å²) in [6.07, 6.45) is 0. The molecular formula is C5H11NO. The molecule has 0 aliphatic rings. The highest BCUT2D eigenvalue weighted by Gasteiger charge is 1.82. The molecule has 0 aliphatic carbocycles. The first kappa shape index (κ1) is 6.50. The van der Waals surface area contributed by atoms with Crippen LogP contribution in [0.4, 0.5) is 0 Å². The molecule has 0 saturated heterocycles. The van der Waals surface area contributed by atoms with E-state index in [1.54, 1.807) is 0 Å². The molecule has 0 heterocycles. The Hall–Kier alpha value is -0.500. The second-order valence-corrected chi connectivity index (χ2v) is 1.18. The molecule has 0 amide bonds. The van der Waals surface area contributed by atoms with Crippen LogP contribution in [0.25, 0.3) is 0 Å². The minimum absolute atomic E-state index is 0.424. The SMILES string of the molecule is C=C(CN)OCC. The molecule has 0 bridgehead atoms. The topological polar surface area (TPSA) is 35.2 Å². The molecular weight excluding hydrogens is 90.1 g/mol. The molecule has 0 radical (unpaired) electrons. The third kappa shape index (κ3) is 3.33. The van der Waals surface area contributed by atoms with Crippen LogP contribution in [0, 0.1) is 0 Å². The van der Waals surface area contributed by atoms with Crippen molar-refractivity contribution < 1.29 is 4.74 Å². The molecule has 0 atom stereocenters. The normalized spacial score (nSPS) is 8.29.